The molecular formula is C15H24O2. The van der Waals surface area contributed by atoms with Crippen LogP contribution in [0.4, 0.5) is 0 Å². The van der Waals surface area contributed by atoms with Crippen molar-refractivity contribution in [1.29, 1.82) is 0 Å². The molecule has 1 fully saturated rings. The maximum Gasteiger partial charge on any atom is 0.0642 e. The first-order valence-electron chi connectivity index (χ1n) is 6.61. The highest BCUT2D eigenvalue weighted by Crippen LogP contribution is 2.52. The molecule has 0 unspecified atom stereocenters. The Labute approximate surface area is 104 Å². The molecule has 0 amide bonds. The largest absolute Gasteiger partial charge is 0.392 e. The lowest BCUT2D eigenvalue weighted by atomic mass is 9.56. The van der Waals surface area contributed by atoms with Crippen molar-refractivity contribution in [1.82, 2.24) is 0 Å². The van der Waals surface area contributed by atoms with E-state index in [4.69, 9.17) is 0 Å². The average molecular weight is 236 g/mol. The van der Waals surface area contributed by atoms with Gasteiger partial charge in [-0.3, -0.25) is 0 Å². The van der Waals surface area contributed by atoms with Crippen LogP contribution in [0.3, 0.4) is 0 Å². The smallest absolute Gasteiger partial charge is 0.0642 e. The van der Waals surface area contributed by atoms with E-state index in [0.717, 1.165) is 24.8 Å². The zero-order chi connectivity index (χ0) is 12.6. The second-order valence-electron chi connectivity index (χ2n) is 6.12. The van der Waals surface area contributed by atoms with E-state index in [2.05, 4.69) is 26.5 Å². The van der Waals surface area contributed by atoms with Crippen LogP contribution >= 0.6 is 0 Å². The van der Waals surface area contributed by atoms with Crippen molar-refractivity contribution in [3.05, 3.63) is 23.8 Å². The van der Waals surface area contributed by atoms with E-state index in [1.54, 1.807) is 0 Å². The number of aliphatic hydroxyl groups is 2. The van der Waals surface area contributed by atoms with E-state index in [0.29, 0.717) is 5.92 Å². The molecule has 0 aromatic rings. The van der Waals surface area contributed by atoms with E-state index >= 15 is 0 Å². The Morgan fingerprint density at radius 3 is 2.94 bits per heavy atom. The van der Waals surface area contributed by atoms with E-state index in [-0.39, 0.29) is 24.0 Å². The molecule has 2 heteroatoms. The predicted octanol–water partition coefficient (Wildman–Crippen LogP) is 2.67. The molecule has 2 aliphatic carbocycles. The molecule has 0 spiro atoms. The number of aliphatic hydroxyl groups excluding tert-OH is 2. The molecule has 2 aliphatic rings. The minimum Gasteiger partial charge on any atom is -0.392 e. The summed E-state index contributed by atoms with van der Waals surface area (Å²) in [5.41, 5.74) is 2.49. The van der Waals surface area contributed by atoms with Crippen LogP contribution in [0.1, 0.15) is 39.5 Å². The Hall–Kier alpha value is -0.600. The van der Waals surface area contributed by atoms with Gasteiger partial charge < -0.3 is 10.2 Å². The summed E-state index contributed by atoms with van der Waals surface area (Å²) in [6.07, 6.45) is 6.10. The maximum absolute atomic E-state index is 10.3. The molecule has 17 heavy (non-hydrogen) atoms. The lowest BCUT2D eigenvalue weighted by Crippen LogP contribution is -2.44. The summed E-state index contributed by atoms with van der Waals surface area (Å²) in [4.78, 5) is 0. The molecule has 0 aromatic heterocycles. The quantitative estimate of drug-likeness (QED) is 0.724. The molecule has 0 radical (unpaired) electrons. The Morgan fingerprint density at radius 2 is 2.29 bits per heavy atom. The molecule has 0 saturated heterocycles. The summed E-state index contributed by atoms with van der Waals surface area (Å²) in [6, 6.07) is 0. The van der Waals surface area contributed by atoms with Crippen LogP contribution in [0.5, 0.6) is 0 Å². The minimum atomic E-state index is -0.332. The van der Waals surface area contributed by atoms with Crippen LogP contribution in [0, 0.1) is 17.3 Å². The first-order valence-corrected chi connectivity index (χ1v) is 6.61. The first kappa shape index (κ1) is 12.8. The fourth-order valence-electron chi connectivity index (χ4n) is 3.80. The molecule has 2 N–H and O–H groups in total. The van der Waals surface area contributed by atoms with E-state index < -0.39 is 0 Å². The van der Waals surface area contributed by atoms with Crippen molar-refractivity contribution < 1.29 is 10.2 Å². The van der Waals surface area contributed by atoms with Crippen LogP contribution < -0.4 is 0 Å². The van der Waals surface area contributed by atoms with Crippen molar-refractivity contribution in [3.8, 4) is 0 Å². The zero-order valence-corrected chi connectivity index (χ0v) is 10.9. The Kier molecular flexibility index (Phi) is 3.46. The second kappa shape index (κ2) is 4.58. The number of allylic oxidation sites excluding steroid dienone is 2. The predicted molar refractivity (Wildman–Crippen MR) is 69.5 cm³/mol. The van der Waals surface area contributed by atoms with E-state index in [1.807, 2.05) is 0 Å². The normalized spacial score (nSPS) is 41.6. The van der Waals surface area contributed by atoms with Crippen LogP contribution in [0.15, 0.2) is 23.8 Å². The van der Waals surface area contributed by atoms with Gasteiger partial charge in [-0.15, -0.1) is 0 Å². The summed E-state index contributed by atoms with van der Waals surface area (Å²) in [7, 11) is 0. The average Bonchev–Trinajstić information content (AvgIpc) is 2.27. The van der Waals surface area contributed by atoms with E-state index in [1.165, 1.54) is 12.0 Å². The van der Waals surface area contributed by atoms with Gasteiger partial charge in [0.15, 0.2) is 0 Å². The molecule has 0 aliphatic heterocycles. The van der Waals surface area contributed by atoms with Gasteiger partial charge in [0.1, 0.15) is 0 Å². The molecule has 0 aromatic carbocycles. The van der Waals surface area contributed by atoms with Crippen molar-refractivity contribution in [2.24, 2.45) is 17.3 Å². The summed E-state index contributed by atoms with van der Waals surface area (Å²) < 4.78 is 0. The molecule has 96 valence electrons. The fraction of sp³-hybridized carbons (Fsp3) is 0.733. The highest BCUT2D eigenvalue weighted by Gasteiger charge is 2.46. The van der Waals surface area contributed by atoms with Gasteiger partial charge in [-0.05, 0) is 49.5 Å². The minimum absolute atomic E-state index is 0.00603. The third-order valence-electron chi connectivity index (χ3n) is 4.93. The first-order chi connectivity index (χ1) is 7.98. The van der Waals surface area contributed by atoms with Crippen molar-refractivity contribution in [3.63, 3.8) is 0 Å². The number of fused-ring (bicyclic) bond motifs is 1. The highest BCUT2D eigenvalue weighted by molar-refractivity contribution is 5.19. The van der Waals surface area contributed by atoms with Crippen molar-refractivity contribution in [2.45, 2.75) is 45.6 Å². The summed E-state index contributed by atoms with van der Waals surface area (Å²) in [5, 5.41) is 19.5. The van der Waals surface area contributed by atoms with Crippen LogP contribution in [-0.4, -0.2) is 22.9 Å². The van der Waals surface area contributed by atoms with Gasteiger partial charge in [0.2, 0.25) is 0 Å². The number of hydrogen-bond acceptors (Lipinski definition) is 2. The van der Waals surface area contributed by atoms with Crippen LogP contribution in [-0.2, 0) is 0 Å². The third-order valence-corrected chi connectivity index (χ3v) is 4.93. The second-order valence-corrected chi connectivity index (χ2v) is 6.12. The van der Waals surface area contributed by atoms with Crippen LogP contribution in [0.25, 0.3) is 0 Å². The molecular weight excluding hydrogens is 212 g/mol. The van der Waals surface area contributed by atoms with Gasteiger partial charge in [0.05, 0.1) is 12.7 Å². The number of rotatable bonds is 2. The molecule has 0 bridgehead atoms. The SMILES string of the molecule is C=C(CO)[C@H]1C[C@H]2C(C)=CCC[C@]2(C)C[C@@H]1O. The van der Waals surface area contributed by atoms with Gasteiger partial charge in [-0.25, -0.2) is 0 Å². The Balaban J connectivity index is 2.23. The Morgan fingerprint density at radius 1 is 1.59 bits per heavy atom. The lowest BCUT2D eigenvalue weighted by Gasteiger charge is -2.50. The standard InChI is InChI=1S/C15H24O2/c1-10-5-4-6-15(3)8-14(17)12(7-13(10)15)11(2)9-16/h5,12-14,16-17H,2,4,6-9H2,1,3H3/t12-,13+,14+,15-/m1/s1. The molecule has 4 atom stereocenters. The lowest BCUT2D eigenvalue weighted by molar-refractivity contribution is -0.0174. The summed E-state index contributed by atoms with van der Waals surface area (Å²) in [6.45, 7) is 8.40. The monoisotopic (exact) mass is 236 g/mol. The Bertz CT molecular complexity index is 345. The molecule has 2 nitrogen and oxygen atoms in total. The fourth-order valence-corrected chi connectivity index (χ4v) is 3.80. The maximum atomic E-state index is 10.3. The summed E-state index contributed by atoms with van der Waals surface area (Å²) in [5.74, 6) is 0.618. The van der Waals surface area contributed by atoms with Gasteiger partial charge in [0.25, 0.3) is 0 Å². The number of hydrogen-bond donors (Lipinski definition) is 2. The van der Waals surface area contributed by atoms with Crippen LogP contribution in [0.2, 0.25) is 0 Å². The van der Waals surface area contributed by atoms with Gasteiger partial charge in [-0.2, -0.15) is 0 Å². The van der Waals surface area contributed by atoms with Crippen molar-refractivity contribution in [2.75, 3.05) is 6.61 Å². The molecule has 0 heterocycles. The summed E-state index contributed by atoms with van der Waals surface area (Å²) >= 11 is 0. The van der Waals surface area contributed by atoms with Gasteiger partial charge in [-0.1, -0.05) is 25.2 Å². The highest BCUT2D eigenvalue weighted by atomic mass is 16.3. The molecule has 2 rings (SSSR count). The van der Waals surface area contributed by atoms with E-state index in [9.17, 15) is 10.2 Å². The van der Waals surface area contributed by atoms with Crippen molar-refractivity contribution >= 4 is 0 Å². The van der Waals surface area contributed by atoms with Gasteiger partial charge in [0, 0.05) is 5.92 Å². The third kappa shape index (κ3) is 2.21. The zero-order valence-electron chi connectivity index (χ0n) is 10.9. The molecule has 1 saturated carbocycles. The van der Waals surface area contributed by atoms with Gasteiger partial charge >= 0.3 is 0 Å². The topological polar surface area (TPSA) is 40.5 Å².